The molecule has 1 N–H and O–H groups in total. The van der Waals surface area contributed by atoms with Gasteiger partial charge in [-0.05, 0) is 56.0 Å². The van der Waals surface area contributed by atoms with Crippen molar-refractivity contribution in [3.05, 3.63) is 34.3 Å². The van der Waals surface area contributed by atoms with Crippen LogP contribution in [0.15, 0.2) is 28.7 Å². The maximum Gasteiger partial charge on any atom is 0.0292 e. The molecule has 0 heterocycles. The molecule has 0 fully saturated rings. The van der Waals surface area contributed by atoms with Crippen molar-refractivity contribution in [2.24, 2.45) is 0 Å². The first-order valence-corrected chi connectivity index (χ1v) is 7.90. The number of halogens is 1. The van der Waals surface area contributed by atoms with Gasteiger partial charge in [0, 0.05) is 10.5 Å². The van der Waals surface area contributed by atoms with Crippen molar-refractivity contribution in [2.75, 3.05) is 18.6 Å². The molecule has 0 spiro atoms. The minimum atomic E-state index is 0.437. The van der Waals surface area contributed by atoms with Gasteiger partial charge in [-0.1, -0.05) is 28.1 Å². The van der Waals surface area contributed by atoms with E-state index < -0.39 is 0 Å². The third-order valence-corrected chi connectivity index (χ3v) is 3.76. The van der Waals surface area contributed by atoms with Crippen molar-refractivity contribution < 1.29 is 0 Å². The van der Waals surface area contributed by atoms with Crippen molar-refractivity contribution in [2.45, 2.75) is 25.8 Å². The molecule has 0 aliphatic heterocycles. The lowest BCUT2D eigenvalue weighted by atomic mass is 10.1. The number of thioether (sulfide) groups is 1. The summed E-state index contributed by atoms with van der Waals surface area (Å²) in [5.74, 6) is 1.27. The van der Waals surface area contributed by atoms with Crippen LogP contribution in [0, 0.1) is 0 Å². The Hall–Kier alpha value is 0.01000. The van der Waals surface area contributed by atoms with Gasteiger partial charge in [-0.3, -0.25) is 0 Å². The van der Waals surface area contributed by atoms with Gasteiger partial charge in [0.1, 0.15) is 0 Å². The molecule has 0 amide bonds. The van der Waals surface area contributed by atoms with Crippen LogP contribution in [0.25, 0.3) is 0 Å². The fraction of sp³-hybridized carbons (Fsp3) is 0.538. The molecule has 0 aliphatic carbocycles. The minimum Gasteiger partial charge on any atom is -0.310 e. The third kappa shape index (κ3) is 5.37. The topological polar surface area (TPSA) is 12.0 Å². The second kappa shape index (κ2) is 8.15. The van der Waals surface area contributed by atoms with Gasteiger partial charge in [0.15, 0.2) is 0 Å². The highest BCUT2D eigenvalue weighted by molar-refractivity contribution is 9.10. The molecule has 0 radical (unpaired) electrons. The van der Waals surface area contributed by atoms with E-state index in [1.54, 1.807) is 0 Å². The number of hydrogen-bond acceptors (Lipinski definition) is 2. The molecule has 1 nitrogen and oxygen atoms in total. The lowest BCUT2D eigenvalue weighted by molar-refractivity contribution is 0.555. The molecule has 1 rings (SSSR count). The van der Waals surface area contributed by atoms with Crippen LogP contribution in [0.4, 0.5) is 0 Å². The lowest BCUT2D eigenvalue weighted by Crippen LogP contribution is -2.19. The maximum absolute atomic E-state index is 3.55. The zero-order valence-electron chi connectivity index (χ0n) is 10.0. The third-order valence-electron chi connectivity index (χ3n) is 2.57. The summed E-state index contributed by atoms with van der Waals surface area (Å²) in [6.45, 7) is 3.32. The van der Waals surface area contributed by atoms with Crippen LogP contribution < -0.4 is 5.32 Å². The predicted molar refractivity (Wildman–Crippen MR) is 78.2 cm³/mol. The van der Waals surface area contributed by atoms with E-state index >= 15 is 0 Å². The SMILES string of the molecule is CSCCCCNC(C)c1cccc(Br)c1. The molecular formula is C13H20BrNS. The van der Waals surface area contributed by atoms with Crippen molar-refractivity contribution in [3.63, 3.8) is 0 Å². The van der Waals surface area contributed by atoms with Gasteiger partial charge in [-0.2, -0.15) is 11.8 Å². The maximum atomic E-state index is 3.55. The normalized spacial score (nSPS) is 12.7. The van der Waals surface area contributed by atoms with E-state index in [4.69, 9.17) is 0 Å². The molecule has 1 atom stereocenters. The number of unbranched alkanes of at least 4 members (excludes halogenated alkanes) is 1. The molecule has 3 heteroatoms. The summed E-state index contributed by atoms with van der Waals surface area (Å²) in [6.07, 6.45) is 4.73. The molecule has 0 bridgehead atoms. The van der Waals surface area contributed by atoms with E-state index in [9.17, 15) is 0 Å². The zero-order valence-corrected chi connectivity index (χ0v) is 12.4. The second-order valence-corrected chi connectivity index (χ2v) is 5.83. The molecule has 16 heavy (non-hydrogen) atoms. The van der Waals surface area contributed by atoms with Crippen LogP contribution in [0.3, 0.4) is 0 Å². The van der Waals surface area contributed by atoms with E-state index in [0.717, 1.165) is 11.0 Å². The Bertz CT molecular complexity index is 304. The monoisotopic (exact) mass is 301 g/mol. The van der Waals surface area contributed by atoms with Crippen molar-refractivity contribution in [1.82, 2.24) is 5.32 Å². The van der Waals surface area contributed by atoms with E-state index in [1.165, 1.54) is 24.2 Å². The molecule has 90 valence electrons. The summed E-state index contributed by atoms with van der Waals surface area (Å²) in [4.78, 5) is 0. The minimum absolute atomic E-state index is 0.437. The molecule has 0 aromatic heterocycles. The quantitative estimate of drug-likeness (QED) is 0.756. The Morgan fingerprint density at radius 3 is 2.88 bits per heavy atom. The Morgan fingerprint density at radius 1 is 1.38 bits per heavy atom. The highest BCUT2D eigenvalue weighted by Crippen LogP contribution is 2.17. The lowest BCUT2D eigenvalue weighted by Gasteiger charge is -2.14. The number of rotatable bonds is 7. The molecular weight excluding hydrogens is 282 g/mol. The molecule has 0 saturated heterocycles. The average molecular weight is 302 g/mol. The van der Waals surface area contributed by atoms with Gasteiger partial charge in [0.05, 0.1) is 0 Å². The molecule has 0 saturated carbocycles. The number of benzene rings is 1. The highest BCUT2D eigenvalue weighted by Gasteiger charge is 2.03. The van der Waals surface area contributed by atoms with Crippen LogP contribution in [0.2, 0.25) is 0 Å². The van der Waals surface area contributed by atoms with Gasteiger partial charge in [0.2, 0.25) is 0 Å². The predicted octanol–water partition coefficient (Wildman–Crippen LogP) is 4.24. The smallest absolute Gasteiger partial charge is 0.0292 e. The molecule has 1 aromatic carbocycles. The van der Waals surface area contributed by atoms with Gasteiger partial charge in [-0.25, -0.2) is 0 Å². The average Bonchev–Trinajstić information content (AvgIpc) is 2.28. The zero-order chi connectivity index (χ0) is 11.8. The first-order chi connectivity index (χ1) is 7.74. The van der Waals surface area contributed by atoms with Crippen LogP contribution >= 0.6 is 27.7 Å². The first-order valence-electron chi connectivity index (χ1n) is 5.72. The summed E-state index contributed by atoms with van der Waals surface area (Å²) in [5, 5.41) is 3.55. The van der Waals surface area contributed by atoms with Crippen molar-refractivity contribution in [3.8, 4) is 0 Å². The van der Waals surface area contributed by atoms with E-state index in [-0.39, 0.29) is 0 Å². The Labute approximate surface area is 112 Å². The second-order valence-electron chi connectivity index (χ2n) is 3.93. The van der Waals surface area contributed by atoms with Crippen molar-refractivity contribution >= 4 is 27.7 Å². The molecule has 1 unspecified atom stereocenters. The fourth-order valence-corrected chi connectivity index (χ4v) is 2.49. The van der Waals surface area contributed by atoms with Crippen LogP contribution in [-0.4, -0.2) is 18.6 Å². The largest absolute Gasteiger partial charge is 0.310 e. The first kappa shape index (κ1) is 14.1. The summed E-state index contributed by atoms with van der Waals surface area (Å²) >= 11 is 5.43. The van der Waals surface area contributed by atoms with Gasteiger partial charge in [0.25, 0.3) is 0 Å². The highest BCUT2D eigenvalue weighted by atomic mass is 79.9. The van der Waals surface area contributed by atoms with E-state index in [1.807, 2.05) is 11.8 Å². The summed E-state index contributed by atoms with van der Waals surface area (Å²) in [6, 6.07) is 8.94. The van der Waals surface area contributed by atoms with Crippen LogP contribution in [0.5, 0.6) is 0 Å². The van der Waals surface area contributed by atoms with Gasteiger partial charge in [-0.15, -0.1) is 0 Å². The van der Waals surface area contributed by atoms with Gasteiger partial charge < -0.3 is 5.32 Å². The Balaban J connectivity index is 2.27. The molecule has 1 aromatic rings. The Morgan fingerprint density at radius 2 is 2.19 bits per heavy atom. The van der Waals surface area contributed by atoms with Gasteiger partial charge >= 0.3 is 0 Å². The van der Waals surface area contributed by atoms with Crippen LogP contribution in [0.1, 0.15) is 31.4 Å². The van der Waals surface area contributed by atoms with Crippen molar-refractivity contribution in [1.29, 1.82) is 0 Å². The number of hydrogen-bond donors (Lipinski definition) is 1. The number of nitrogens with one attached hydrogen (secondary N) is 1. The van der Waals surface area contributed by atoms with Crippen LogP contribution in [-0.2, 0) is 0 Å². The fourth-order valence-electron chi connectivity index (χ4n) is 1.58. The standard InChI is InChI=1S/C13H20BrNS/c1-11(15-8-3-4-9-16-2)12-6-5-7-13(14)10-12/h5-7,10-11,15H,3-4,8-9H2,1-2H3. The Kier molecular flexibility index (Phi) is 7.17. The molecule has 0 aliphatic rings. The van der Waals surface area contributed by atoms with E-state index in [0.29, 0.717) is 6.04 Å². The summed E-state index contributed by atoms with van der Waals surface area (Å²) in [5.41, 5.74) is 1.35. The summed E-state index contributed by atoms with van der Waals surface area (Å²) in [7, 11) is 0. The summed E-state index contributed by atoms with van der Waals surface area (Å²) < 4.78 is 1.15. The van der Waals surface area contributed by atoms with E-state index in [2.05, 4.69) is 58.7 Å².